The van der Waals surface area contributed by atoms with E-state index in [1.165, 1.54) is 0 Å². The number of nitrogens with zero attached hydrogens (tertiary/aromatic N) is 3. The van der Waals surface area contributed by atoms with Crippen LogP contribution in [-0.4, -0.2) is 41.3 Å². The maximum absolute atomic E-state index is 9.66. The van der Waals surface area contributed by atoms with Gasteiger partial charge < -0.3 is 15.3 Å². The second-order valence-corrected chi connectivity index (χ2v) is 5.49. The molecule has 1 saturated heterocycles. The zero-order valence-electron chi connectivity index (χ0n) is 10.9. The fourth-order valence-corrected chi connectivity index (χ4v) is 3.28. The van der Waals surface area contributed by atoms with E-state index in [2.05, 4.69) is 20.2 Å². The number of rotatable bonds is 2. The van der Waals surface area contributed by atoms with Crippen molar-refractivity contribution in [3.8, 4) is 0 Å². The summed E-state index contributed by atoms with van der Waals surface area (Å²) in [6.45, 7) is 4.02. The van der Waals surface area contributed by atoms with Crippen LogP contribution >= 0.6 is 0 Å². The smallest absolute Gasteiger partial charge is 0.224 e. The van der Waals surface area contributed by atoms with E-state index in [0.29, 0.717) is 17.8 Å². The van der Waals surface area contributed by atoms with Gasteiger partial charge in [0, 0.05) is 31.9 Å². The minimum Gasteiger partial charge on any atom is -0.393 e. The van der Waals surface area contributed by atoms with Gasteiger partial charge in [-0.15, -0.1) is 0 Å². The predicted octanol–water partition coefficient (Wildman–Crippen LogP) is 1.03. The Morgan fingerprint density at radius 2 is 1.94 bits per heavy atom. The van der Waals surface area contributed by atoms with Crippen molar-refractivity contribution >= 4 is 11.8 Å². The number of anilines is 2. The van der Waals surface area contributed by atoms with Crippen LogP contribution in [-0.2, 0) is 0 Å². The highest BCUT2D eigenvalue weighted by Crippen LogP contribution is 2.39. The Bertz CT molecular complexity index is 437. The van der Waals surface area contributed by atoms with Crippen LogP contribution in [0.4, 0.5) is 11.8 Å². The molecule has 98 valence electrons. The fourth-order valence-electron chi connectivity index (χ4n) is 3.28. The van der Waals surface area contributed by atoms with Gasteiger partial charge in [-0.3, -0.25) is 0 Å². The first kappa shape index (κ1) is 11.7. The minimum atomic E-state index is -0.0813. The molecule has 0 spiro atoms. The van der Waals surface area contributed by atoms with Gasteiger partial charge in [-0.1, -0.05) is 0 Å². The third-order valence-corrected chi connectivity index (χ3v) is 4.11. The Hall–Kier alpha value is -1.36. The molecule has 0 bridgehead atoms. The third kappa shape index (κ3) is 2.03. The van der Waals surface area contributed by atoms with Gasteiger partial charge in [0.25, 0.3) is 0 Å². The summed E-state index contributed by atoms with van der Waals surface area (Å²) in [4.78, 5) is 11.2. The molecule has 0 aromatic carbocycles. The summed E-state index contributed by atoms with van der Waals surface area (Å²) in [5.74, 6) is 2.96. The molecule has 18 heavy (non-hydrogen) atoms. The summed E-state index contributed by atoms with van der Waals surface area (Å²) in [5.41, 5.74) is 0.987. The van der Waals surface area contributed by atoms with Crippen LogP contribution in [0.3, 0.4) is 0 Å². The lowest BCUT2D eigenvalue weighted by Crippen LogP contribution is -2.24. The first-order valence-electron chi connectivity index (χ1n) is 6.62. The fraction of sp³-hybridized carbons (Fsp3) is 0.692. The van der Waals surface area contributed by atoms with Crippen molar-refractivity contribution in [3.05, 3.63) is 11.8 Å². The number of hydrogen-bond donors (Lipinski definition) is 2. The molecule has 5 heteroatoms. The van der Waals surface area contributed by atoms with E-state index >= 15 is 0 Å². The van der Waals surface area contributed by atoms with Crippen molar-refractivity contribution in [1.82, 2.24) is 9.97 Å². The molecule has 1 saturated carbocycles. The molecular weight excluding hydrogens is 228 g/mol. The van der Waals surface area contributed by atoms with Crippen molar-refractivity contribution in [2.24, 2.45) is 11.8 Å². The van der Waals surface area contributed by atoms with Crippen molar-refractivity contribution in [3.63, 3.8) is 0 Å². The van der Waals surface area contributed by atoms with E-state index in [1.807, 2.05) is 20.0 Å². The summed E-state index contributed by atoms with van der Waals surface area (Å²) < 4.78 is 0. The number of aryl methyl sites for hydroxylation is 1. The van der Waals surface area contributed by atoms with Crippen molar-refractivity contribution in [1.29, 1.82) is 0 Å². The molecule has 1 aliphatic heterocycles. The Morgan fingerprint density at radius 3 is 2.56 bits per heavy atom. The summed E-state index contributed by atoms with van der Waals surface area (Å²) in [6.07, 6.45) is 1.82. The largest absolute Gasteiger partial charge is 0.393 e. The quantitative estimate of drug-likeness (QED) is 0.818. The topological polar surface area (TPSA) is 61.3 Å². The molecule has 2 fully saturated rings. The van der Waals surface area contributed by atoms with E-state index in [9.17, 15) is 5.11 Å². The van der Waals surface area contributed by atoms with E-state index in [1.54, 1.807) is 0 Å². The monoisotopic (exact) mass is 248 g/mol. The first-order chi connectivity index (χ1) is 8.65. The van der Waals surface area contributed by atoms with Gasteiger partial charge >= 0.3 is 0 Å². The molecule has 2 aliphatic rings. The third-order valence-electron chi connectivity index (χ3n) is 4.11. The maximum Gasteiger partial charge on any atom is 0.224 e. The highest BCUT2D eigenvalue weighted by Gasteiger charge is 2.40. The molecule has 5 nitrogen and oxygen atoms in total. The van der Waals surface area contributed by atoms with Gasteiger partial charge in [0.15, 0.2) is 0 Å². The second kappa shape index (κ2) is 4.39. The average Bonchev–Trinajstić information content (AvgIpc) is 2.85. The Labute approximate surface area is 107 Å². The zero-order valence-corrected chi connectivity index (χ0v) is 10.9. The number of nitrogens with one attached hydrogen (secondary N) is 1. The van der Waals surface area contributed by atoms with Crippen LogP contribution < -0.4 is 10.2 Å². The first-order valence-corrected chi connectivity index (χ1v) is 6.62. The molecule has 2 heterocycles. The van der Waals surface area contributed by atoms with Crippen molar-refractivity contribution in [2.45, 2.75) is 25.9 Å². The lowest BCUT2D eigenvalue weighted by atomic mass is 10.0. The van der Waals surface area contributed by atoms with Gasteiger partial charge in [-0.05, 0) is 31.6 Å². The molecule has 1 aromatic rings. The van der Waals surface area contributed by atoms with Crippen LogP contribution in [0.5, 0.6) is 0 Å². The Kier molecular flexibility index (Phi) is 2.86. The van der Waals surface area contributed by atoms with Gasteiger partial charge in [-0.25, -0.2) is 4.98 Å². The highest BCUT2D eigenvalue weighted by atomic mass is 16.3. The van der Waals surface area contributed by atoms with Crippen molar-refractivity contribution < 1.29 is 5.11 Å². The molecule has 1 aliphatic carbocycles. The maximum atomic E-state index is 9.66. The zero-order chi connectivity index (χ0) is 12.7. The van der Waals surface area contributed by atoms with Crippen molar-refractivity contribution in [2.75, 3.05) is 30.4 Å². The second-order valence-electron chi connectivity index (χ2n) is 5.49. The summed E-state index contributed by atoms with van der Waals surface area (Å²) in [5, 5.41) is 12.7. The summed E-state index contributed by atoms with van der Waals surface area (Å²) in [6, 6.07) is 2.04. The molecule has 0 amide bonds. The average molecular weight is 248 g/mol. The normalized spacial score (nSPS) is 30.6. The Morgan fingerprint density at radius 1 is 1.28 bits per heavy atom. The molecule has 3 atom stereocenters. The molecule has 1 unspecified atom stereocenters. The van der Waals surface area contributed by atoms with E-state index in [4.69, 9.17) is 0 Å². The SMILES string of the molecule is CNc1nc(C)cc(N2C[C@H]3CC(O)C[C@H]3C2)n1. The molecular formula is C13H20N4O. The number of hydrogen-bond acceptors (Lipinski definition) is 5. The van der Waals surface area contributed by atoms with Gasteiger partial charge in [0.2, 0.25) is 5.95 Å². The molecule has 1 aromatic heterocycles. The number of aliphatic hydroxyl groups excluding tert-OH is 1. The van der Waals surface area contributed by atoms with Crippen LogP contribution in [0.15, 0.2) is 6.07 Å². The Balaban J connectivity index is 1.79. The summed E-state index contributed by atoms with van der Waals surface area (Å²) >= 11 is 0. The van der Waals surface area contributed by atoms with Gasteiger partial charge in [0.1, 0.15) is 5.82 Å². The number of aliphatic hydroxyl groups is 1. The molecule has 3 rings (SSSR count). The molecule has 0 radical (unpaired) electrons. The van der Waals surface area contributed by atoms with E-state index < -0.39 is 0 Å². The van der Waals surface area contributed by atoms with Crippen LogP contribution in [0.2, 0.25) is 0 Å². The number of aromatic nitrogens is 2. The molecule has 2 N–H and O–H groups in total. The van der Waals surface area contributed by atoms with Crippen LogP contribution in [0.1, 0.15) is 18.5 Å². The predicted molar refractivity (Wildman–Crippen MR) is 70.7 cm³/mol. The lowest BCUT2D eigenvalue weighted by molar-refractivity contribution is 0.174. The highest BCUT2D eigenvalue weighted by molar-refractivity contribution is 5.46. The van der Waals surface area contributed by atoms with Gasteiger partial charge in [-0.2, -0.15) is 4.98 Å². The van der Waals surface area contributed by atoms with E-state index in [0.717, 1.165) is 37.4 Å². The van der Waals surface area contributed by atoms with E-state index in [-0.39, 0.29) is 6.10 Å². The van der Waals surface area contributed by atoms with Gasteiger partial charge in [0.05, 0.1) is 6.10 Å². The van der Waals surface area contributed by atoms with Crippen LogP contribution in [0.25, 0.3) is 0 Å². The number of fused-ring (bicyclic) bond motifs is 1. The minimum absolute atomic E-state index is 0.0813. The lowest BCUT2D eigenvalue weighted by Gasteiger charge is -2.20. The summed E-state index contributed by atoms with van der Waals surface area (Å²) in [7, 11) is 1.84. The van der Waals surface area contributed by atoms with Crippen LogP contribution in [0, 0.1) is 18.8 Å². The standard InChI is InChI=1S/C13H20N4O/c1-8-3-12(16-13(14-2)15-8)17-6-9-4-11(18)5-10(9)7-17/h3,9-11,18H,4-7H2,1-2H3,(H,14,15,16)/t9-,10+,11?.